The maximum Gasteiger partial charge on any atom is 0.356 e. The predicted molar refractivity (Wildman–Crippen MR) is 73.3 cm³/mol. The number of halogens is 1. The highest BCUT2D eigenvalue weighted by molar-refractivity contribution is 5.88. The Morgan fingerprint density at radius 1 is 1.35 bits per heavy atom. The molecule has 0 amide bonds. The van der Waals surface area contributed by atoms with Crippen molar-refractivity contribution < 1.29 is 13.9 Å². The highest BCUT2D eigenvalue weighted by Gasteiger charge is 2.14. The van der Waals surface area contributed by atoms with Gasteiger partial charge in [0.2, 0.25) is 0 Å². The van der Waals surface area contributed by atoms with Gasteiger partial charge in [-0.3, -0.25) is 4.57 Å². The number of hydrogen-bond donors (Lipinski definition) is 0. The van der Waals surface area contributed by atoms with Gasteiger partial charge in [0, 0.05) is 5.69 Å². The van der Waals surface area contributed by atoms with Crippen molar-refractivity contribution in [3.05, 3.63) is 48.3 Å². The fourth-order valence-electron chi connectivity index (χ4n) is 1.71. The van der Waals surface area contributed by atoms with E-state index >= 15 is 0 Å². The zero-order valence-corrected chi connectivity index (χ0v) is 11.5. The number of hydrogen-bond acceptors (Lipinski definition) is 3. The first kappa shape index (κ1) is 14.2. The van der Waals surface area contributed by atoms with E-state index < -0.39 is 5.97 Å². The molecule has 0 aliphatic heterocycles. The van der Waals surface area contributed by atoms with E-state index in [1.807, 2.05) is 0 Å². The zero-order valence-electron chi connectivity index (χ0n) is 11.5. The minimum Gasteiger partial charge on any atom is -0.461 e. The van der Waals surface area contributed by atoms with Crippen LogP contribution in [0.1, 0.15) is 30.8 Å². The monoisotopic (exact) mass is 276 g/mol. The van der Waals surface area contributed by atoms with Crippen LogP contribution in [0.25, 0.3) is 5.69 Å². The zero-order chi connectivity index (χ0) is 14.5. The van der Waals surface area contributed by atoms with Crippen LogP contribution in [0.3, 0.4) is 0 Å². The Bertz CT molecular complexity index is 576. The first-order valence-electron chi connectivity index (χ1n) is 6.53. The number of esters is 1. The van der Waals surface area contributed by atoms with Crippen LogP contribution in [0.5, 0.6) is 0 Å². The number of benzene rings is 1. The topological polar surface area (TPSA) is 44.1 Å². The Morgan fingerprint density at radius 3 is 2.70 bits per heavy atom. The quantitative estimate of drug-likeness (QED) is 0.788. The summed E-state index contributed by atoms with van der Waals surface area (Å²) in [4.78, 5) is 15.9. The summed E-state index contributed by atoms with van der Waals surface area (Å²) >= 11 is 0. The van der Waals surface area contributed by atoms with Crippen molar-refractivity contribution in [2.24, 2.45) is 5.92 Å². The van der Waals surface area contributed by atoms with Crippen LogP contribution in [-0.2, 0) is 4.74 Å². The lowest BCUT2D eigenvalue weighted by molar-refractivity contribution is 0.0478. The summed E-state index contributed by atoms with van der Waals surface area (Å²) in [6.07, 6.45) is 3.77. The Hall–Kier alpha value is -2.17. The summed E-state index contributed by atoms with van der Waals surface area (Å²) in [5, 5.41) is 0. The fraction of sp³-hybridized carbons (Fsp3) is 0.333. The summed E-state index contributed by atoms with van der Waals surface area (Å²) in [6.45, 7) is 4.51. The summed E-state index contributed by atoms with van der Waals surface area (Å²) in [6, 6.07) is 5.84. The van der Waals surface area contributed by atoms with Crippen molar-refractivity contribution in [1.29, 1.82) is 0 Å². The first-order chi connectivity index (χ1) is 9.58. The predicted octanol–water partition coefficient (Wildman–Crippen LogP) is 3.21. The summed E-state index contributed by atoms with van der Waals surface area (Å²) in [7, 11) is 0. The molecule has 0 saturated carbocycles. The van der Waals surface area contributed by atoms with E-state index in [0.717, 1.165) is 6.42 Å². The minimum atomic E-state index is -0.424. The maximum absolute atomic E-state index is 12.9. The number of ether oxygens (including phenoxy) is 1. The van der Waals surface area contributed by atoms with Crippen LogP contribution in [0.2, 0.25) is 0 Å². The van der Waals surface area contributed by atoms with Gasteiger partial charge in [-0.15, -0.1) is 0 Å². The lowest BCUT2D eigenvalue weighted by Gasteiger charge is -2.09. The third-order valence-electron chi connectivity index (χ3n) is 2.88. The van der Waals surface area contributed by atoms with E-state index in [1.54, 1.807) is 16.7 Å². The van der Waals surface area contributed by atoms with Crippen molar-refractivity contribution in [3.8, 4) is 5.69 Å². The molecule has 0 atom stereocenters. The van der Waals surface area contributed by atoms with Crippen molar-refractivity contribution in [2.75, 3.05) is 6.61 Å². The second-order valence-electron chi connectivity index (χ2n) is 4.94. The third-order valence-corrected chi connectivity index (χ3v) is 2.88. The van der Waals surface area contributed by atoms with Crippen molar-refractivity contribution in [1.82, 2.24) is 9.55 Å². The van der Waals surface area contributed by atoms with Crippen molar-refractivity contribution in [3.63, 3.8) is 0 Å². The number of carbonyl (C=O) groups is 1. The van der Waals surface area contributed by atoms with Crippen LogP contribution in [-0.4, -0.2) is 22.1 Å². The highest BCUT2D eigenvalue weighted by atomic mass is 19.1. The SMILES string of the molecule is CC(C)CCOC(=O)c1cncn1-c1ccc(F)cc1. The molecule has 1 aromatic carbocycles. The van der Waals surface area contributed by atoms with Gasteiger partial charge in [0.05, 0.1) is 19.1 Å². The Morgan fingerprint density at radius 2 is 2.05 bits per heavy atom. The molecular weight excluding hydrogens is 259 g/mol. The number of imidazole rings is 1. The first-order valence-corrected chi connectivity index (χ1v) is 6.53. The normalized spacial score (nSPS) is 10.8. The number of carbonyl (C=O) groups excluding carboxylic acids is 1. The van der Waals surface area contributed by atoms with E-state index in [9.17, 15) is 9.18 Å². The van der Waals surface area contributed by atoms with Crippen LogP contribution in [0.4, 0.5) is 4.39 Å². The van der Waals surface area contributed by atoms with Gasteiger partial charge in [0.1, 0.15) is 5.82 Å². The van der Waals surface area contributed by atoms with Gasteiger partial charge in [0.25, 0.3) is 0 Å². The Labute approximate surface area is 117 Å². The average Bonchev–Trinajstić information content (AvgIpc) is 2.88. The molecule has 106 valence electrons. The van der Waals surface area contributed by atoms with Crippen LogP contribution in [0.15, 0.2) is 36.8 Å². The molecule has 1 heterocycles. The molecule has 0 spiro atoms. The van der Waals surface area contributed by atoms with E-state index in [0.29, 0.717) is 23.9 Å². The molecule has 4 nitrogen and oxygen atoms in total. The lowest BCUT2D eigenvalue weighted by Crippen LogP contribution is -2.12. The Balaban J connectivity index is 2.12. The molecule has 1 aromatic heterocycles. The molecule has 0 unspecified atom stereocenters. The number of rotatable bonds is 5. The number of aromatic nitrogens is 2. The lowest BCUT2D eigenvalue weighted by atomic mass is 10.1. The molecule has 0 radical (unpaired) electrons. The van der Waals surface area contributed by atoms with E-state index in [2.05, 4.69) is 18.8 Å². The van der Waals surface area contributed by atoms with Gasteiger partial charge in [-0.25, -0.2) is 14.2 Å². The van der Waals surface area contributed by atoms with E-state index in [1.165, 1.54) is 24.7 Å². The third kappa shape index (κ3) is 3.44. The molecule has 0 bridgehead atoms. The van der Waals surface area contributed by atoms with Crippen LogP contribution >= 0.6 is 0 Å². The van der Waals surface area contributed by atoms with Gasteiger partial charge in [0.15, 0.2) is 5.69 Å². The number of nitrogens with zero attached hydrogens (tertiary/aromatic N) is 2. The van der Waals surface area contributed by atoms with Gasteiger partial charge in [-0.05, 0) is 36.6 Å². The van der Waals surface area contributed by atoms with Crippen LogP contribution in [0, 0.1) is 11.7 Å². The molecular formula is C15H17FN2O2. The van der Waals surface area contributed by atoms with Gasteiger partial charge >= 0.3 is 5.97 Å². The minimum absolute atomic E-state index is 0.324. The van der Waals surface area contributed by atoms with Gasteiger partial charge in [-0.2, -0.15) is 0 Å². The fourth-order valence-corrected chi connectivity index (χ4v) is 1.71. The molecule has 2 rings (SSSR count). The standard InChI is InChI=1S/C15H17FN2O2/c1-11(2)7-8-20-15(19)14-9-17-10-18(14)13-5-3-12(16)4-6-13/h3-6,9-11H,7-8H2,1-2H3. The molecule has 0 N–H and O–H groups in total. The Kier molecular flexibility index (Phi) is 4.50. The van der Waals surface area contributed by atoms with E-state index in [-0.39, 0.29) is 5.82 Å². The van der Waals surface area contributed by atoms with Crippen LogP contribution < -0.4 is 0 Å². The second kappa shape index (κ2) is 6.32. The largest absolute Gasteiger partial charge is 0.461 e. The molecule has 0 saturated heterocycles. The summed E-state index contributed by atoms with van der Waals surface area (Å²) < 4.78 is 19.7. The summed E-state index contributed by atoms with van der Waals surface area (Å²) in [5.74, 6) is -0.271. The molecule has 20 heavy (non-hydrogen) atoms. The molecule has 5 heteroatoms. The average molecular weight is 276 g/mol. The molecule has 0 aliphatic carbocycles. The van der Waals surface area contributed by atoms with Crippen molar-refractivity contribution in [2.45, 2.75) is 20.3 Å². The van der Waals surface area contributed by atoms with Crippen molar-refractivity contribution >= 4 is 5.97 Å². The smallest absolute Gasteiger partial charge is 0.356 e. The highest BCUT2D eigenvalue weighted by Crippen LogP contribution is 2.13. The molecule has 2 aromatic rings. The van der Waals surface area contributed by atoms with E-state index in [4.69, 9.17) is 4.74 Å². The summed E-state index contributed by atoms with van der Waals surface area (Å²) in [5.41, 5.74) is 1.00. The molecule has 0 fully saturated rings. The van der Waals surface area contributed by atoms with Gasteiger partial charge in [-0.1, -0.05) is 13.8 Å². The van der Waals surface area contributed by atoms with Gasteiger partial charge < -0.3 is 4.74 Å². The maximum atomic E-state index is 12.9. The molecule has 0 aliphatic rings. The second-order valence-corrected chi connectivity index (χ2v) is 4.94.